The summed E-state index contributed by atoms with van der Waals surface area (Å²) in [7, 11) is 0. The summed E-state index contributed by atoms with van der Waals surface area (Å²) in [6, 6.07) is 5.70. The summed E-state index contributed by atoms with van der Waals surface area (Å²) in [6.45, 7) is 2.02. The molecule has 1 aliphatic carbocycles. The van der Waals surface area contributed by atoms with Gasteiger partial charge in [-0.1, -0.05) is 19.1 Å². The van der Waals surface area contributed by atoms with Crippen LogP contribution >= 0.6 is 0 Å². The first-order valence-electron chi connectivity index (χ1n) is 5.91. The highest BCUT2D eigenvalue weighted by atomic mass is 19.4. The molecule has 0 bridgehead atoms. The SMILES string of the molecule is CCC1(Nc2ccccc2C(F)(F)F)CCC1. The molecule has 0 saturated heterocycles. The van der Waals surface area contributed by atoms with Crippen molar-refractivity contribution in [1.82, 2.24) is 0 Å². The number of rotatable bonds is 3. The smallest absolute Gasteiger partial charge is 0.379 e. The molecular formula is C13H16F3N. The van der Waals surface area contributed by atoms with Crippen LogP contribution in [-0.4, -0.2) is 5.54 Å². The third-order valence-electron chi connectivity index (χ3n) is 3.62. The number of anilines is 1. The fourth-order valence-electron chi connectivity index (χ4n) is 2.30. The quantitative estimate of drug-likeness (QED) is 0.827. The number of alkyl halides is 3. The van der Waals surface area contributed by atoms with E-state index in [0.29, 0.717) is 0 Å². The van der Waals surface area contributed by atoms with Gasteiger partial charge in [-0.2, -0.15) is 13.2 Å². The number of benzene rings is 1. The fourth-order valence-corrected chi connectivity index (χ4v) is 2.30. The van der Waals surface area contributed by atoms with E-state index in [1.165, 1.54) is 12.1 Å². The van der Waals surface area contributed by atoms with Gasteiger partial charge in [0.25, 0.3) is 0 Å². The van der Waals surface area contributed by atoms with Crippen LogP contribution in [0.25, 0.3) is 0 Å². The molecule has 17 heavy (non-hydrogen) atoms. The van der Waals surface area contributed by atoms with Gasteiger partial charge in [0.2, 0.25) is 0 Å². The Balaban J connectivity index is 2.27. The Hall–Kier alpha value is -1.19. The standard InChI is InChI=1S/C13H16F3N/c1-2-12(8-5-9-12)17-11-7-4-3-6-10(11)13(14,15)16/h3-4,6-7,17H,2,5,8-9H2,1H3. The molecule has 0 spiro atoms. The Kier molecular flexibility index (Phi) is 3.06. The van der Waals surface area contributed by atoms with Crippen LogP contribution in [0.4, 0.5) is 18.9 Å². The minimum absolute atomic E-state index is 0.124. The van der Waals surface area contributed by atoms with Crippen molar-refractivity contribution in [3.05, 3.63) is 29.8 Å². The maximum absolute atomic E-state index is 12.8. The van der Waals surface area contributed by atoms with Crippen LogP contribution in [0.2, 0.25) is 0 Å². The summed E-state index contributed by atoms with van der Waals surface area (Å²) in [5, 5.41) is 3.10. The van der Waals surface area contributed by atoms with Crippen molar-refractivity contribution in [3.8, 4) is 0 Å². The van der Waals surface area contributed by atoms with Gasteiger partial charge in [0.1, 0.15) is 0 Å². The summed E-state index contributed by atoms with van der Waals surface area (Å²) in [5.41, 5.74) is -0.484. The molecule has 0 atom stereocenters. The van der Waals surface area contributed by atoms with Crippen LogP contribution in [0.3, 0.4) is 0 Å². The van der Waals surface area contributed by atoms with E-state index in [4.69, 9.17) is 0 Å². The molecule has 1 aromatic carbocycles. The zero-order valence-corrected chi connectivity index (χ0v) is 9.77. The summed E-state index contributed by atoms with van der Waals surface area (Å²) < 4.78 is 38.4. The number of hydrogen-bond donors (Lipinski definition) is 1. The van der Waals surface area contributed by atoms with Crippen molar-refractivity contribution in [2.75, 3.05) is 5.32 Å². The zero-order valence-electron chi connectivity index (χ0n) is 9.77. The van der Waals surface area contributed by atoms with E-state index in [1.54, 1.807) is 6.07 Å². The van der Waals surface area contributed by atoms with E-state index in [-0.39, 0.29) is 11.2 Å². The lowest BCUT2D eigenvalue weighted by molar-refractivity contribution is -0.137. The number of para-hydroxylation sites is 1. The van der Waals surface area contributed by atoms with Gasteiger partial charge in [-0.25, -0.2) is 0 Å². The summed E-state index contributed by atoms with van der Waals surface area (Å²) in [4.78, 5) is 0. The third kappa shape index (κ3) is 2.40. The average Bonchev–Trinajstić information content (AvgIpc) is 2.23. The Bertz CT molecular complexity index is 388. The van der Waals surface area contributed by atoms with Crippen molar-refractivity contribution in [3.63, 3.8) is 0 Å². The van der Waals surface area contributed by atoms with Crippen molar-refractivity contribution < 1.29 is 13.2 Å². The topological polar surface area (TPSA) is 12.0 Å². The normalized spacial score (nSPS) is 18.6. The average molecular weight is 243 g/mol. The highest BCUT2D eigenvalue weighted by molar-refractivity contribution is 5.54. The van der Waals surface area contributed by atoms with Crippen molar-refractivity contribution in [2.24, 2.45) is 0 Å². The van der Waals surface area contributed by atoms with Gasteiger partial charge in [0.05, 0.1) is 5.56 Å². The predicted octanol–water partition coefficient (Wildman–Crippen LogP) is 4.45. The molecule has 1 saturated carbocycles. The second-order valence-corrected chi connectivity index (χ2v) is 4.66. The molecule has 4 heteroatoms. The second kappa shape index (κ2) is 4.24. The van der Waals surface area contributed by atoms with Gasteiger partial charge in [-0.05, 0) is 37.8 Å². The summed E-state index contributed by atoms with van der Waals surface area (Å²) in [6.07, 6.45) is -0.429. The molecule has 94 valence electrons. The van der Waals surface area contributed by atoms with Crippen LogP contribution in [0, 0.1) is 0 Å². The number of halogens is 3. The molecule has 0 unspecified atom stereocenters. The van der Waals surface area contributed by atoms with E-state index in [2.05, 4.69) is 5.32 Å². The van der Waals surface area contributed by atoms with Gasteiger partial charge < -0.3 is 5.32 Å². The largest absolute Gasteiger partial charge is 0.418 e. The van der Waals surface area contributed by atoms with Crippen molar-refractivity contribution >= 4 is 5.69 Å². The Morgan fingerprint density at radius 1 is 1.24 bits per heavy atom. The first kappa shape index (κ1) is 12.3. The van der Waals surface area contributed by atoms with E-state index in [1.807, 2.05) is 6.92 Å². The van der Waals surface area contributed by atoms with Crippen molar-refractivity contribution in [2.45, 2.75) is 44.3 Å². The summed E-state index contributed by atoms with van der Waals surface area (Å²) >= 11 is 0. The van der Waals surface area contributed by atoms with Gasteiger partial charge in [-0.3, -0.25) is 0 Å². The highest BCUT2D eigenvalue weighted by Gasteiger charge is 2.38. The maximum Gasteiger partial charge on any atom is 0.418 e. The van der Waals surface area contributed by atoms with Crippen LogP contribution in [-0.2, 0) is 6.18 Å². The molecule has 2 rings (SSSR count). The maximum atomic E-state index is 12.8. The van der Waals surface area contributed by atoms with Gasteiger partial charge in [-0.15, -0.1) is 0 Å². The second-order valence-electron chi connectivity index (χ2n) is 4.66. The van der Waals surface area contributed by atoms with Crippen LogP contribution in [0.15, 0.2) is 24.3 Å². The van der Waals surface area contributed by atoms with Crippen LogP contribution in [0.5, 0.6) is 0 Å². The number of hydrogen-bond acceptors (Lipinski definition) is 1. The zero-order chi connectivity index (χ0) is 12.5. The van der Waals surface area contributed by atoms with E-state index < -0.39 is 11.7 Å². The molecule has 0 amide bonds. The molecule has 1 aromatic rings. The monoisotopic (exact) mass is 243 g/mol. The Labute approximate surface area is 99.0 Å². The van der Waals surface area contributed by atoms with Crippen LogP contribution < -0.4 is 5.32 Å². The van der Waals surface area contributed by atoms with E-state index >= 15 is 0 Å². The predicted molar refractivity (Wildman–Crippen MR) is 61.9 cm³/mol. The van der Waals surface area contributed by atoms with Gasteiger partial charge >= 0.3 is 6.18 Å². The molecule has 0 radical (unpaired) electrons. The first-order chi connectivity index (χ1) is 7.97. The van der Waals surface area contributed by atoms with Crippen molar-refractivity contribution in [1.29, 1.82) is 0 Å². The molecule has 0 aliphatic heterocycles. The lowest BCUT2D eigenvalue weighted by atomic mass is 9.74. The lowest BCUT2D eigenvalue weighted by Gasteiger charge is -2.43. The molecule has 1 aliphatic rings. The third-order valence-corrected chi connectivity index (χ3v) is 3.62. The van der Waals surface area contributed by atoms with Gasteiger partial charge in [0.15, 0.2) is 0 Å². The molecule has 1 N–H and O–H groups in total. The van der Waals surface area contributed by atoms with E-state index in [0.717, 1.165) is 31.7 Å². The minimum atomic E-state index is -4.29. The van der Waals surface area contributed by atoms with Gasteiger partial charge in [0, 0.05) is 11.2 Å². The fraction of sp³-hybridized carbons (Fsp3) is 0.538. The highest BCUT2D eigenvalue weighted by Crippen LogP contribution is 2.41. The minimum Gasteiger partial charge on any atom is -0.379 e. The number of nitrogens with one attached hydrogen (secondary N) is 1. The van der Waals surface area contributed by atoms with Crippen LogP contribution in [0.1, 0.15) is 38.2 Å². The molecule has 0 heterocycles. The summed E-state index contributed by atoms with van der Waals surface area (Å²) in [5.74, 6) is 0. The molecule has 0 aromatic heterocycles. The molecular weight excluding hydrogens is 227 g/mol. The molecule has 1 nitrogen and oxygen atoms in total. The first-order valence-corrected chi connectivity index (χ1v) is 5.91. The Morgan fingerprint density at radius 2 is 1.88 bits per heavy atom. The Morgan fingerprint density at radius 3 is 2.35 bits per heavy atom. The van der Waals surface area contributed by atoms with E-state index in [9.17, 15) is 13.2 Å². The molecule has 1 fully saturated rings. The lowest BCUT2D eigenvalue weighted by Crippen LogP contribution is -2.44.